The van der Waals surface area contributed by atoms with E-state index in [2.05, 4.69) is 4.74 Å². The second-order valence-corrected chi connectivity index (χ2v) is 6.26. The van der Waals surface area contributed by atoms with Crippen molar-refractivity contribution in [2.45, 2.75) is 58.5 Å². The summed E-state index contributed by atoms with van der Waals surface area (Å²) in [6.07, 6.45) is 0.984. The van der Waals surface area contributed by atoms with Gasteiger partial charge >= 0.3 is 11.9 Å². The molecule has 0 spiro atoms. The number of esters is 2. The fourth-order valence-electron chi connectivity index (χ4n) is 2.73. The molecule has 6 heteroatoms. The van der Waals surface area contributed by atoms with Gasteiger partial charge in [0.1, 0.15) is 0 Å². The quantitative estimate of drug-likeness (QED) is 0.623. The van der Waals surface area contributed by atoms with Crippen molar-refractivity contribution in [1.29, 1.82) is 0 Å². The Bertz CT molecular complexity index is 346. The summed E-state index contributed by atoms with van der Waals surface area (Å²) in [5.74, 6) is -1.20. The molecule has 6 nitrogen and oxygen atoms in total. The summed E-state index contributed by atoms with van der Waals surface area (Å²) in [6, 6.07) is 0. The van der Waals surface area contributed by atoms with E-state index in [-0.39, 0.29) is 12.7 Å². The molecule has 0 aromatic heterocycles. The Labute approximate surface area is 113 Å². The number of hydrogen-bond donors (Lipinski definition) is 1. The molecular weight excluding hydrogens is 250 g/mol. The highest BCUT2D eigenvalue weighted by Gasteiger charge is 2.47. The Hall–Kier alpha value is -1.14. The maximum absolute atomic E-state index is 11.9. The van der Waals surface area contributed by atoms with Crippen LogP contribution < -0.4 is 0 Å². The SMILES string of the molecule is CC(=O)OCOC(=O)C1CC(C)(C)N(O)C(C)(C)C1. The van der Waals surface area contributed by atoms with Gasteiger partial charge in [-0.25, -0.2) is 0 Å². The van der Waals surface area contributed by atoms with Crippen molar-refractivity contribution in [2.24, 2.45) is 5.92 Å². The molecule has 110 valence electrons. The van der Waals surface area contributed by atoms with Gasteiger partial charge in [0.05, 0.1) is 5.92 Å². The lowest BCUT2D eigenvalue weighted by molar-refractivity contribution is -0.252. The van der Waals surface area contributed by atoms with E-state index in [4.69, 9.17) is 4.74 Å². The third-order valence-corrected chi connectivity index (χ3v) is 3.44. The van der Waals surface area contributed by atoms with Crippen LogP contribution >= 0.6 is 0 Å². The zero-order valence-corrected chi connectivity index (χ0v) is 12.2. The molecule has 0 unspecified atom stereocenters. The van der Waals surface area contributed by atoms with Gasteiger partial charge in [-0.3, -0.25) is 9.59 Å². The smallest absolute Gasteiger partial charge is 0.311 e. The van der Waals surface area contributed by atoms with Crippen LogP contribution in [-0.4, -0.2) is 40.1 Å². The standard InChI is InChI=1S/C13H23NO5/c1-9(15)18-8-19-11(16)10-6-12(2,3)14(17)13(4,5)7-10/h10,17H,6-8H2,1-5H3. The second kappa shape index (κ2) is 5.46. The van der Waals surface area contributed by atoms with Crippen LogP contribution in [0.15, 0.2) is 0 Å². The number of ether oxygens (including phenoxy) is 2. The van der Waals surface area contributed by atoms with Crippen LogP contribution in [-0.2, 0) is 19.1 Å². The van der Waals surface area contributed by atoms with E-state index in [1.807, 2.05) is 27.7 Å². The number of piperidine rings is 1. The van der Waals surface area contributed by atoms with Gasteiger partial charge in [-0.1, -0.05) is 0 Å². The first-order valence-corrected chi connectivity index (χ1v) is 6.35. The molecule has 0 atom stereocenters. The number of carbonyl (C=O) groups excluding carboxylic acids is 2. The molecule has 1 N–H and O–H groups in total. The highest BCUT2D eigenvalue weighted by molar-refractivity contribution is 5.73. The molecule has 1 saturated heterocycles. The summed E-state index contributed by atoms with van der Waals surface area (Å²) in [5.41, 5.74) is -1.01. The largest absolute Gasteiger partial charge is 0.428 e. The van der Waals surface area contributed by atoms with E-state index >= 15 is 0 Å². The van der Waals surface area contributed by atoms with Crippen LogP contribution in [0.4, 0.5) is 0 Å². The van der Waals surface area contributed by atoms with Crippen LogP contribution in [0.2, 0.25) is 0 Å². The van der Waals surface area contributed by atoms with Gasteiger partial charge in [-0.05, 0) is 40.5 Å². The van der Waals surface area contributed by atoms with Crippen LogP contribution in [0.5, 0.6) is 0 Å². The molecule has 1 heterocycles. The van der Waals surface area contributed by atoms with E-state index in [1.54, 1.807) is 0 Å². The molecule has 1 aliphatic heterocycles. The average Bonchev–Trinajstić information content (AvgIpc) is 2.24. The van der Waals surface area contributed by atoms with Crippen molar-refractivity contribution in [3.05, 3.63) is 0 Å². The molecule has 0 saturated carbocycles. The number of hydroxylamine groups is 2. The van der Waals surface area contributed by atoms with Gasteiger partial charge in [-0.15, -0.1) is 0 Å². The molecule has 19 heavy (non-hydrogen) atoms. The molecule has 0 radical (unpaired) electrons. The zero-order valence-electron chi connectivity index (χ0n) is 12.2. The summed E-state index contributed by atoms with van der Waals surface area (Å²) < 4.78 is 9.52. The van der Waals surface area contributed by atoms with E-state index in [9.17, 15) is 14.8 Å². The Balaban J connectivity index is 2.64. The van der Waals surface area contributed by atoms with E-state index in [0.717, 1.165) is 0 Å². The second-order valence-electron chi connectivity index (χ2n) is 6.26. The van der Waals surface area contributed by atoms with Crippen LogP contribution in [0.3, 0.4) is 0 Å². The van der Waals surface area contributed by atoms with Crippen molar-refractivity contribution in [3.63, 3.8) is 0 Å². The fourth-order valence-corrected chi connectivity index (χ4v) is 2.73. The third kappa shape index (κ3) is 3.91. The molecule has 0 aromatic rings. The molecule has 1 fully saturated rings. The van der Waals surface area contributed by atoms with Gasteiger partial charge in [-0.2, -0.15) is 5.06 Å². The van der Waals surface area contributed by atoms with Crippen molar-refractivity contribution >= 4 is 11.9 Å². The zero-order chi connectivity index (χ0) is 14.8. The van der Waals surface area contributed by atoms with Gasteiger partial charge < -0.3 is 14.7 Å². The fraction of sp³-hybridized carbons (Fsp3) is 0.846. The first-order valence-electron chi connectivity index (χ1n) is 6.35. The minimum absolute atomic E-state index is 0.316. The molecule has 0 aromatic carbocycles. The highest BCUT2D eigenvalue weighted by Crippen LogP contribution is 2.40. The van der Waals surface area contributed by atoms with Gasteiger partial charge in [0, 0.05) is 18.0 Å². The molecule has 0 bridgehead atoms. The maximum atomic E-state index is 11.9. The topological polar surface area (TPSA) is 76.1 Å². The van der Waals surface area contributed by atoms with Crippen molar-refractivity contribution < 1.29 is 24.3 Å². The number of carbonyl (C=O) groups is 2. The van der Waals surface area contributed by atoms with Crippen LogP contribution in [0, 0.1) is 5.92 Å². The predicted molar refractivity (Wildman–Crippen MR) is 67.2 cm³/mol. The summed E-state index contributed by atoms with van der Waals surface area (Å²) in [6.45, 7) is 8.40. The van der Waals surface area contributed by atoms with E-state index in [1.165, 1.54) is 12.0 Å². The van der Waals surface area contributed by atoms with Crippen molar-refractivity contribution in [3.8, 4) is 0 Å². The third-order valence-electron chi connectivity index (χ3n) is 3.44. The highest BCUT2D eigenvalue weighted by atomic mass is 16.7. The predicted octanol–water partition coefficient (Wildman–Crippen LogP) is 1.71. The summed E-state index contributed by atoms with van der Waals surface area (Å²) in [5, 5.41) is 11.4. The number of hydrogen-bond acceptors (Lipinski definition) is 6. The summed E-state index contributed by atoms with van der Waals surface area (Å²) in [4.78, 5) is 22.5. The normalized spacial score (nSPS) is 22.8. The Morgan fingerprint density at radius 1 is 1.16 bits per heavy atom. The molecule has 1 rings (SSSR count). The lowest BCUT2D eigenvalue weighted by Gasteiger charge is -2.50. The summed E-state index contributed by atoms with van der Waals surface area (Å²) >= 11 is 0. The molecule has 0 amide bonds. The molecule has 0 aliphatic carbocycles. The Kier molecular flexibility index (Phi) is 4.58. The molecule has 1 aliphatic rings. The number of rotatable bonds is 3. The number of nitrogens with zero attached hydrogens (tertiary/aromatic N) is 1. The van der Waals surface area contributed by atoms with Crippen molar-refractivity contribution in [1.82, 2.24) is 5.06 Å². The lowest BCUT2D eigenvalue weighted by atomic mass is 9.75. The van der Waals surface area contributed by atoms with E-state index < -0.39 is 23.0 Å². The Morgan fingerprint density at radius 3 is 2.05 bits per heavy atom. The monoisotopic (exact) mass is 273 g/mol. The van der Waals surface area contributed by atoms with Crippen LogP contribution in [0.25, 0.3) is 0 Å². The minimum atomic E-state index is -0.507. The lowest BCUT2D eigenvalue weighted by Crippen LogP contribution is -2.60. The van der Waals surface area contributed by atoms with Gasteiger partial charge in [0.25, 0.3) is 0 Å². The van der Waals surface area contributed by atoms with Crippen molar-refractivity contribution in [2.75, 3.05) is 6.79 Å². The first kappa shape index (κ1) is 15.9. The van der Waals surface area contributed by atoms with Crippen LogP contribution in [0.1, 0.15) is 47.5 Å². The molecular formula is C13H23NO5. The Morgan fingerprint density at radius 2 is 1.63 bits per heavy atom. The van der Waals surface area contributed by atoms with E-state index in [0.29, 0.717) is 12.8 Å². The average molecular weight is 273 g/mol. The first-order chi connectivity index (χ1) is 8.56. The minimum Gasteiger partial charge on any atom is -0.428 e. The van der Waals surface area contributed by atoms with Gasteiger partial charge in [0.15, 0.2) is 0 Å². The van der Waals surface area contributed by atoms with Gasteiger partial charge in [0.2, 0.25) is 6.79 Å². The maximum Gasteiger partial charge on any atom is 0.311 e. The summed E-state index contributed by atoms with van der Waals surface area (Å²) in [7, 11) is 0.